The van der Waals surface area contributed by atoms with E-state index in [1.807, 2.05) is 43.1 Å². The second-order valence-corrected chi connectivity index (χ2v) is 6.30. The van der Waals surface area contributed by atoms with Crippen LogP contribution in [0.1, 0.15) is 44.6 Å². The topological polar surface area (TPSA) is 56.5 Å². The van der Waals surface area contributed by atoms with Crippen LogP contribution in [0.3, 0.4) is 0 Å². The van der Waals surface area contributed by atoms with Crippen LogP contribution in [-0.2, 0) is 6.42 Å². The molecule has 124 valence electrons. The molecule has 3 rings (SSSR count). The van der Waals surface area contributed by atoms with E-state index in [1.54, 1.807) is 0 Å². The summed E-state index contributed by atoms with van der Waals surface area (Å²) in [6.45, 7) is 6.53. The second kappa shape index (κ2) is 7.34. The Kier molecular flexibility index (Phi) is 4.99. The first-order valence-corrected chi connectivity index (χ1v) is 8.44. The summed E-state index contributed by atoms with van der Waals surface area (Å²) in [5.74, 6) is 2.27. The summed E-state index contributed by atoms with van der Waals surface area (Å²) in [4.78, 5) is 17.8. The van der Waals surface area contributed by atoms with Crippen molar-refractivity contribution in [1.82, 2.24) is 24.5 Å². The van der Waals surface area contributed by atoms with Gasteiger partial charge in [0.05, 0.1) is 6.04 Å². The number of aryl methyl sites for hydroxylation is 1. The van der Waals surface area contributed by atoms with Crippen molar-refractivity contribution in [2.75, 3.05) is 0 Å². The van der Waals surface area contributed by atoms with Gasteiger partial charge in [0.25, 0.3) is 0 Å². The van der Waals surface area contributed by atoms with Gasteiger partial charge in [0.2, 0.25) is 0 Å². The van der Waals surface area contributed by atoms with Crippen LogP contribution < -0.4 is 0 Å². The van der Waals surface area contributed by atoms with E-state index >= 15 is 0 Å². The third-order valence-corrected chi connectivity index (χ3v) is 4.02. The highest BCUT2D eigenvalue weighted by Crippen LogP contribution is 2.29. The standard InChI is InChI=1S/C19H23N5/c1-4-18-21-9-7-16(23-18)19-22-10-11-24(19)17(12-14(2)3)15-6-5-8-20-13-15/h5-11,13-14,17H,4,12H2,1-3H3. The number of imidazole rings is 1. The Balaban J connectivity index is 2.05. The Hall–Kier alpha value is -2.56. The fraction of sp³-hybridized carbons (Fsp3) is 0.368. The van der Waals surface area contributed by atoms with E-state index in [0.29, 0.717) is 5.92 Å². The number of hydrogen-bond acceptors (Lipinski definition) is 4. The second-order valence-electron chi connectivity index (χ2n) is 6.30. The lowest BCUT2D eigenvalue weighted by molar-refractivity contribution is 0.453. The summed E-state index contributed by atoms with van der Waals surface area (Å²) in [7, 11) is 0. The molecule has 0 saturated heterocycles. The first-order valence-electron chi connectivity index (χ1n) is 8.44. The van der Waals surface area contributed by atoms with Gasteiger partial charge in [-0.1, -0.05) is 26.8 Å². The molecule has 0 radical (unpaired) electrons. The maximum Gasteiger partial charge on any atom is 0.159 e. The zero-order valence-corrected chi connectivity index (χ0v) is 14.4. The molecule has 0 bridgehead atoms. The van der Waals surface area contributed by atoms with Crippen LogP contribution in [0.2, 0.25) is 0 Å². The lowest BCUT2D eigenvalue weighted by atomic mass is 9.98. The Morgan fingerprint density at radius 3 is 2.67 bits per heavy atom. The smallest absolute Gasteiger partial charge is 0.159 e. The summed E-state index contributed by atoms with van der Waals surface area (Å²) >= 11 is 0. The van der Waals surface area contributed by atoms with Crippen molar-refractivity contribution >= 4 is 0 Å². The number of pyridine rings is 1. The summed E-state index contributed by atoms with van der Waals surface area (Å²) in [6, 6.07) is 6.23. The molecule has 0 N–H and O–H groups in total. The molecule has 1 unspecified atom stereocenters. The Bertz CT molecular complexity index is 779. The van der Waals surface area contributed by atoms with E-state index in [1.165, 1.54) is 5.56 Å². The zero-order valence-electron chi connectivity index (χ0n) is 14.4. The maximum absolute atomic E-state index is 4.64. The van der Waals surface area contributed by atoms with Crippen molar-refractivity contribution in [3.05, 3.63) is 60.6 Å². The van der Waals surface area contributed by atoms with Crippen molar-refractivity contribution < 1.29 is 0 Å². The predicted octanol–water partition coefficient (Wildman–Crippen LogP) is 3.93. The van der Waals surface area contributed by atoms with Gasteiger partial charge in [0.15, 0.2) is 5.82 Å². The van der Waals surface area contributed by atoms with Gasteiger partial charge >= 0.3 is 0 Å². The molecule has 0 spiro atoms. The van der Waals surface area contributed by atoms with Gasteiger partial charge in [-0.25, -0.2) is 15.0 Å². The highest BCUT2D eigenvalue weighted by atomic mass is 15.1. The average molecular weight is 321 g/mol. The molecular formula is C19H23N5. The molecular weight excluding hydrogens is 298 g/mol. The van der Waals surface area contributed by atoms with Gasteiger partial charge in [-0.2, -0.15) is 0 Å². The number of rotatable bonds is 6. The summed E-state index contributed by atoms with van der Waals surface area (Å²) < 4.78 is 2.21. The Morgan fingerprint density at radius 1 is 1.08 bits per heavy atom. The lowest BCUT2D eigenvalue weighted by Crippen LogP contribution is -2.14. The number of nitrogens with zero attached hydrogens (tertiary/aromatic N) is 5. The van der Waals surface area contributed by atoms with E-state index in [9.17, 15) is 0 Å². The van der Waals surface area contributed by atoms with E-state index in [2.05, 4.69) is 51.3 Å². The van der Waals surface area contributed by atoms with Gasteiger partial charge in [-0.3, -0.25) is 4.98 Å². The first kappa shape index (κ1) is 16.3. The quantitative estimate of drug-likeness (QED) is 0.690. The Labute approximate surface area is 142 Å². The molecule has 0 saturated carbocycles. The third-order valence-electron chi connectivity index (χ3n) is 4.02. The van der Waals surface area contributed by atoms with Crippen LogP contribution in [0.25, 0.3) is 11.5 Å². The van der Waals surface area contributed by atoms with Crippen LogP contribution in [0.4, 0.5) is 0 Å². The molecule has 3 aromatic heterocycles. The van der Waals surface area contributed by atoms with Gasteiger partial charge in [0.1, 0.15) is 11.5 Å². The minimum atomic E-state index is 0.191. The average Bonchev–Trinajstić information content (AvgIpc) is 3.10. The SMILES string of the molecule is CCc1nccc(-c2nccn2C(CC(C)C)c2cccnc2)n1. The van der Waals surface area contributed by atoms with Crippen LogP contribution >= 0.6 is 0 Å². The van der Waals surface area contributed by atoms with Crippen molar-refractivity contribution in [1.29, 1.82) is 0 Å². The third kappa shape index (κ3) is 3.50. The van der Waals surface area contributed by atoms with E-state index in [4.69, 9.17) is 0 Å². The maximum atomic E-state index is 4.64. The van der Waals surface area contributed by atoms with Crippen LogP contribution in [0.5, 0.6) is 0 Å². The molecule has 3 heterocycles. The molecule has 5 heteroatoms. The molecule has 5 nitrogen and oxygen atoms in total. The van der Waals surface area contributed by atoms with E-state index in [-0.39, 0.29) is 6.04 Å². The van der Waals surface area contributed by atoms with Gasteiger partial charge in [-0.15, -0.1) is 0 Å². The predicted molar refractivity (Wildman–Crippen MR) is 94.5 cm³/mol. The molecule has 0 fully saturated rings. The van der Waals surface area contributed by atoms with Crippen LogP contribution in [0, 0.1) is 5.92 Å². The monoisotopic (exact) mass is 321 g/mol. The van der Waals surface area contributed by atoms with Crippen molar-refractivity contribution in [3.63, 3.8) is 0 Å². The van der Waals surface area contributed by atoms with Gasteiger partial charge in [-0.05, 0) is 30.0 Å². The number of aromatic nitrogens is 5. The molecule has 24 heavy (non-hydrogen) atoms. The molecule has 0 aliphatic carbocycles. The number of hydrogen-bond donors (Lipinski definition) is 0. The van der Waals surface area contributed by atoms with Crippen LogP contribution in [0.15, 0.2) is 49.2 Å². The molecule has 0 aliphatic heterocycles. The summed E-state index contributed by atoms with van der Waals surface area (Å²) in [6.07, 6.45) is 11.3. The van der Waals surface area contributed by atoms with Crippen molar-refractivity contribution in [3.8, 4) is 11.5 Å². The first-order chi connectivity index (χ1) is 11.7. The highest BCUT2D eigenvalue weighted by molar-refractivity contribution is 5.50. The normalized spacial score (nSPS) is 12.5. The Morgan fingerprint density at radius 2 is 1.96 bits per heavy atom. The zero-order chi connectivity index (χ0) is 16.9. The summed E-state index contributed by atoms with van der Waals surface area (Å²) in [5.41, 5.74) is 2.06. The van der Waals surface area contributed by atoms with Gasteiger partial charge in [0, 0.05) is 37.4 Å². The summed E-state index contributed by atoms with van der Waals surface area (Å²) in [5, 5.41) is 0. The van der Waals surface area contributed by atoms with Crippen molar-refractivity contribution in [2.24, 2.45) is 5.92 Å². The molecule has 0 aromatic carbocycles. The van der Waals surface area contributed by atoms with Crippen LogP contribution in [-0.4, -0.2) is 24.5 Å². The molecule has 3 aromatic rings. The van der Waals surface area contributed by atoms with Crippen molar-refractivity contribution in [2.45, 2.75) is 39.7 Å². The molecule has 1 atom stereocenters. The minimum absolute atomic E-state index is 0.191. The van der Waals surface area contributed by atoms with Gasteiger partial charge < -0.3 is 4.57 Å². The lowest BCUT2D eigenvalue weighted by Gasteiger charge is -2.23. The fourth-order valence-corrected chi connectivity index (χ4v) is 2.89. The molecule has 0 amide bonds. The minimum Gasteiger partial charge on any atom is -0.322 e. The highest BCUT2D eigenvalue weighted by Gasteiger charge is 2.20. The van der Waals surface area contributed by atoms with E-state index in [0.717, 1.165) is 30.2 Å². The fourth-order valence-electron chi connectivity index (χ4n) is 2.89. The molecule has 0 aliphatic rings. The largest absolute Gasteiger partial charge is 0.322 e. The van der Waals surface area contributed by atoms with E-state index < -0.39 is 0 Å².